The quantitative estimate of drug-likeness (QED) is 0.384. The molecule has 134 valence electrons. The first-order valence-corrected chi connectivity index (χ1v) is 9.38. The Bertz CT molecular complexity index is 1070. The molecule has 2 aromatic carbocycles. The molecule has 0 saturated carbocycles. The molecule has 2 aromatic heterocycles. The van der Waals surface area contributed by atoms with Gasteiger partial charge in [0.1, 0.15) is 22.1 Å². The van der Waals surface area contributed by atoms with E-state index in [2.05, 4.69) is 25.3 Å². The van der Waals surface area contributed by atoms with Gasteiger partial charge in [0, 0.05) is 10.7 Å². The van der Waals surface area contributed by atoms with E-state index in [1.54, 1.807) is 30.6 Å². The Morgan fingerprint density at radius 3 is 2.59 bits per heavy atom. The van der Waals surface area contributed by atoms with Crippen LogP contribution in [-0.2, 0) is 4.79 Å². The maximum Gasteiger partial charge on any atom is 0.242 e. The smallest absolute Gasteiger partial charge is 0.242 e. The van der Waals surface area contributed by atoms with Crippen LogP contribution in [0.4, 0.5) is 5.69 Å². The van der Waals surface area contributed by atoms with Crippen LogP contribution in [0.3, 0.4) is 0 Å². The number of hydrogen-bond donors (Lipinski definition) is 2. The topological polar surface area (TPSA) is 83.6 Å². The summed E-state index contributed by atoms with van der Waals surface area (Å²) in [5.41, 5.74) is 2.83. The molecule has 0 spiro atoms. The maximum atomic E-state index is 13.0. The number of carbonyl (C=O) groups excluding carboxylic acids is 1. The zero-order chi connectivity index (χ0) is 18.6. The number of nitrogens with zero attached hydrogens (tertiary/aromatic N) is 3. The Hall–Kier alpha value is -2.90. The lowest BCUT2D eigenvalue weighted by atomic mass is 10.1. The second-order valence-electron chi connectivity index (χ2n) is 5.68. The van der Waals surface area contributed by atoms with Gasteiger partial charge in [-0.2, -0.15) is 0 Å². The van der Waals surface area contributed by atoms with Gasteiger partial charge >= 0.3 is 0 Å². The minimum Gasteiger partial charge on any atom is -0.341 e. The van der Waals surface area contributed by atoms with Crippen molar-refractivity contribution in [2.45, 2.75) is 10.3 Å². The number of amides is 1. The lowest BCUT2D eigenvalue weighted by Gasteiger charge is -2.17. The van der Waals surface area contributed by atoms with E-state index in [4.69, 9.17) is 11.6 Å². The van der Waals surface area contributed by atoms with Crippen LogP contribution in [0, 0.1) is 0 Å². The van der Waals surface area contributed by atoms with Crippen molar-refractivity contribution in [2.24, 2.45) is 0 Å². The summed E-state index contributed by atoms with van der Waals surface area (Å²) < 4.78 is 0. The fourth-order valence-corrected chi connectivity index (χ4v) is 3.77. The fraction of sp³-hybridized carbons (Fsp3) is 0.0526. The predicted octanol–water partition coefficient (Wildman–Crippen LogP) is 4.48. The average molecular weight is 396 g/mol. The summed E-state index contributed by atoms with van der Waals surface area (Å²) in [7, 11) is 0. The van der Waals surface area contributed by atoms with Gasteiger partial charge in [0.25, 0.3) is 0 Å². The molecule has 0 radical (unpaired) electrons. The lowest BCUT2D eigenvalue weighted by molar-refractivity contribution is -0.115. The number of thioether (sulfide) groups is 1. The number of nitrogens with one attached hydrogen (secondary N) is 2. The van der Waals surface area contributed by atoms with Gasteiger partial charge in [0.15, 0.2) is 5.65 Å². The van der Waals surface area contributed by atoms with Crippen LogP contribution < -0.4 is 5.32 Å². The number of aromatic nitrogens is 4. The molecule has 1 atom stereocenters. The number of fused-ring (bicyclic) bond motifs is 1. The fourth-order valence-electron chi connectivity index (χ4n) is 2.59. The van der Waals surface area contributed by atoms with E-state index in [1.807, 2.05) is 30.3 Å². The molecule has 0 saturated heterocycles. The van der Waals surface area contributed by atoms with Gasteiger partial charge in [-0.15, -0.1) is 0 Å². The van der Waals surface area contributed by atoms with Crippen LogP contribution in [0.15, 0.2) is 72.3 Å². The van der Waals surface area contributed by atoms with Gasteiger partial charge in [-0.3, -0.25) is 4.79 Å². The van der Waals surface area contributed by atoms with Gasteiger partial charge in [-0.05, 0) is 29.8 Å². The molecule has 0 aliphatic rings. The molecule has 0 fully saturated rings. The molecule has 0 aliphatic carbocycles. The number of anilines is 1. The second-order valence-corrected chi connectivity index (χ2v) is 7.21. The molecular formula is C19H14ClN5OS. The molecule has 27 heavy (non-hydrogen) atoms. The number of benzene rings is 2. The standard InChI is InChI=1S/C19H14ClN5OS/c20-13-6-8-14(9-7-13)25-18(26)16(12-4-2-1-3-5-12)27-19-15-17(22-10-21-15)23-11-24-19/h1-11,16H,(H,25,26)(H,21,22,23,24). The Labute approximate surface area is 164 Å². The first kappa shape index (κ1) is 17.5. The monoisotopic (exact) mass is 395 g/mol. The third-order valence-corrected chi connectivity index (χ3v) is 5.38. The van der Waals surface area contributed by atoms with E-state index in [1.165, 1.54) is 18.1 Å². The minimum absolute atomic E-state index is 0.153. The van der Waals surface area contributed by atoms with Crippen LogP contribution >= 0.6 is 23.4 Å². The SMILES string of the molecule is O=C(Nc1ccc(Cl)cc1)C(Sc1ncnc2nc[nH]c12)c1ccccc1. The number of halogens is 1. The molecule has 0 bridgehead atoms. The number of H-pyrrole nitrogens is 1. The van der Waals surface area contributed by atoms with Crippen LogP contribution in [0.5, 0.6) is 0 Å². The van der Waals surface area contributed by atoms with Crippen molar-refractivity contribution in [1.29, 1.82) is 0 Å². The molecule has 2 heterocycles. The zero-order valence-corrected chi connectivity index (χ0v) is 15.5. The average Bonchev–Trinajstić information content (AvgIpc) is 3.18. The van der Waals surface area contributed by atoms with E-state index in [-0.39, 0.29) is 5.91 Å². The highest BCUT2D eigenvalue weighted by atomic mass is 35.5. The zero-order valence-electron chi connectivity index (χ0n) is 14.0. The van der Waals surface area contributed by atoms with Gasteiger partial charge in [-0.1, -0.05) is 53.7 Å². The highest BCUT2D eigenvalue weighted by molar-refractivity contribution is 8.00. The maximum absolute atomic E-state index is 13.0. The number of imidazole rings is 1. The first-order valence-electron chi connectivity index (χ1n) is 8.13. The highest BCUT2D eigenvalue weighted by Gasteiger charge is 2.24. The Balaban J connectivity index is 1.66. The van der Waals surface area contributed by atoms with Crippen LogP contribution in [-0.4, -0.2) is 25.8 Å². The highest BCUT2D eigenvalue weighted by Crippen LogP contribution is 2.37. The summed E-state index contributed by atoms with van der Waals surface area (Å²) in [4.78, 5) is 28.7. The van der Waals surface area contributed by atoms with E-state index < -0.39 is 5.25 Å². The molecule has 4 rings (SSSR count). The van der Waals surface area contributed by atoms with Crippen molar-refractivity contribution < 1.29 is 4.79 Å². The van der Waals surface area contributed by atoms with Gasteiger partial charge in [-0.25, -0.2) is 15.0 Å². The molecule has 0 aliphatic heterocycles. The van der Waals surface area contributed by atoms with Crippen molar-refractivity contribution in [3.05, 3.63) is 77.8 Å². The van der Waals surface area contributed by atoms with Gasteiger partial charge < -0.3 is 10.3 Å². The minimum atomic E-state index is -0.497. The van der Waals surface area contributed by atoms with Gasteiger partial charge in [0.05, 0.1) is 6.33 Å². The Morgan fingerprint density at radius 2 is 1.81 bits per heavy atom. The van der Waals surface area contributed by atoms with E-state index in [9.17, 15) is 4.79 Å². The summed E-state index contributed by atoms with van der Waals surface area (Å²) in [5, 5.41) is 3.73. The summed E-state index contributed by atoms with van der Waals surface area (Å²) in [6.45, 7) is 0. The van der Waals surface area contributed by atoms with E-state index in [0.717, 1.165) is 5.56 Å². The normalized spacial score (nSPS) is 12.0. The molecule has 2 N–H and O–H groups in total. The van der Waals surface area contributed by atoms with Crippen molar-refractivity contribution >= 4 is 46.1 Å². The second kappa shape index (κ2) is 7.77. The number of carbonyl (C=O) groups is 1. The van der Waals surface area contributed by atoms with Crippen molar-refractivity contribution in [3.63, 3.8) is 0 Å². The molecular weight excluding hydrogens is 382 g/mol. The third-order valence-electron chi connectivity index (χ3n) is 3.87. The summed E-state index contributed by atoms with van der Waals surface area (Å²) in [6, 6.07) is 16.6. The third kappa shape index (κ3) is 3.94. The van der Waals surface area contributed by atoms with E-state index in [0.29, 0.717) is 26.9 Å². The molecule has 4 aromatic rings. The molecule has 8 heteroatoms. The van der Waals surface area contributed by atoms with Crippen molar-refractivity contribution in [3.8, 4) is 0 Å². The lowest BCUT2D eigenvalue weighted by Crippen LogP contribution is -2.19. The molecule has 1 amide bonds. The number of rotatable bonds is 5. The predicted molar refractivity (Wildman–Crippen MR) is 107 cm³/mol. The summed E-state index contributed by atoms with van der Waals surface area (Å²) >= 11 is 7.26. The Morgan fingerprint density at radius 1 is 1.04 bits per heavy atom. The molecule has 6 nitrogen and oxygen atoms in total. The number of hydrogen-bond acceptors (Lipinski definition) is 5. The van der Waals surface area contributed by atoms with Crippen LogP contribution in [0.1, 0.15) is 10.8 Å². The van der Waals surface area contributed by atoms with E-state index >= 15 is 0 Å². The van der Waals surface area contributed by atoms with Crippen LogP contribution in [0.25, 0.3) is 11.2 Å². The first-order chi connectivity index (χ1) is 13.2. The van der Waals surface area contributed by atoms with Crippen molar-refractivity contribution in [2.75, 3.05) is 5.32 Å². The van der Waals surface area contributed by atoms with Crippen LogP contribution in [0.2, 0.25) is 5.02 Å². The molecule has 1 unspecified atom stereocenters. The van der Waals surface area contributed by atoms with Gasteiger partial charge in [0.2, 0.25) is 5.91 Å². The summed E-state index contributed by atoms with van der Waals surface area (Å²) in [6.07, 6.45) is 3.01. The largest absolute Gasteiger partial charge is 0.341 e. The van der Waals surface area contributed by atoms with Crippen molar-refractivity contribution in [1.82, 2.24) is 19.9 Å². The Kier molecular flexibility index (Phi) is 5.04. The summed E-state index contributed by atoms with van der Waals surface area (Å²) in [5.74, 6) is -0.153. The number of aromatic amines is 1.